The molecule has 0 aliphatic rings. The first-order valence-electron chi connectivity index (χ1n) is 9.41. The molecule has 2 aromatic rings. The molecule has 0 aliphatic carbocycles. The summed E-state index contributed by atoms with van der Waals surface area (Å²) in [4.78, 5) is 12.5. The van der Waals surface area contributed by atoms with Crippen molar-refractivity contribution in [3.8, 4) is 23.0 Å². The molecular formula is C22H29NO5. The Labute approximate surface area is 166 Å². The van der Waals surface area contributed by atoms with E-state index in [2.05, 4.69) is 5.32 Å². The highest BCUT2D eigenvalue weighted by atomic mass is 16.5. The number of nitrogens with one attached hydrogen (secondary N) is 1. The smallest absolute Gasteiger partial charge is 0.261 e. The van der Waals surface area contributed by atoms with Gasteiger partial charge in [0, 0.05) is 6.54 Å². The highest BCUT2D eigenvalue weighted by molar-refractivity contribution is 5.81. The van der Waals surface area contributed by atoms with E-state index in [0.29, 0.717) is 36.0 Å². The molecule has 1 atom stereocenters. The van der Waals surface area contributed by atoms with Gasteiger partial charge < -0.3 is 24.3 Å². The van der Waals surface area contributed by atoms with E-state index >= 15 is 0 Å². The van der Waals surface area contributed by atoms with Gasteiger partial charge in [-0.1, -0.05) is 25.1 Å². The van der Waals surface area contributed by atoms with Gasteiger partial charge in [0.25, 0.3) is 5.91 Å². The second-order valence-corrected chi connectivity index (χ2v) is 6.25. The number of rotatable bonds is 11. The topological polar surface area (TPSA) is 66.0 Å². The van der Waals surface area contributed by atoms with Crippen LogP contribution in [-0.2, 0) is 11.2 Å². The third kappa shape index (κ3) is 5.81. The van der Waals surface area contributed by atoms with Gasteiger partial charge in [-0.3, -0.25) is 4.79 Å². The maximum Gasteiger partial charge on any atom is 0.261 e. The predicted octanol–water partition coefficient (Wildman–Crippen LogP) is 3.62. The Hall–Kier alpha value is -2.89. The highest BCUT2D eigenvalue weighted by Gasteiger charge is 2.19. The largest absolute Gasteiger partial charge is 0.493 e. The molecule has 0 unspecified atom stereocenters. The van der Waals surface area contributed by atoms with Crippen molar-refractivity contribution in [3.05, 3.63) is 48.0 Å². The first-order chi connectivity index (χ1) is 13.6. The van der Waals surface area contributed by atoms with Gasteiger partial charge in [-0.25, -0.2) is 0 Å². The fraction of sp³-hybridized carbons (Fsp3) is 0.409. The van der Waals surface area contributed by atoms with Gasteiger partial charge in [-0.05, 0) is 49.1 Å². The third-order valence-corrected chi connectivity index (χ3v) is 4.39. The molecule has 0 aliphatic heterocycles. The highest BCUT2D eigenvalue weighted by Crippen LogP contribution is 2.28. The number of carbonyl (C=O) groups is 1. The van der Waals surface area contributed by atoms with Crippen molar-refractivity contribution in [2.75, 3.05) is 27.9 Å². The lowest BCUT2D eigenvalue weighted by molar-refractivity contribution is -0.128. The minimum absolute atomic E-state index is 0.124. The summed E-state index contributed by atoms with van der Waals surface area (Å²) in [6.45, 7) is 2.49. The number of para-hydroxylation sites is 2. The summed E-state index contributed by atoms with van der Waals surface area (Å²) in [7, 11) is 4.82. The van der Waals surface area contributed by atoms with E-state index in [1.165, 1.54) is 0 Å². The van der Waals surface area contributed by atoms with Gasteiger partial charge in [0.1, 0.15) is 0 Å². The van der Waals surface area contributed by atoms with E-state index in [4.69, 9.17) is 18.9 Å². The van der Waals surface area contributed by atoms with Crippen molar-refractivity contribution in [3.63, 3.8) is 0 Å². The number of benzene rings is 2. The zero-order valence-electron chi connectivity index (χ0n) is 17.0. The first-order valence-corrected chi connectivity index (χ1v) is 9.41. The van der Waals surface area contributed by atoms with Crippen molar-refractivity contribution in [1.29, 1.82) is 0 Å². The molecule has 0 bridgehead atoms. The maximum atomic E-state index is 12.5. The van der Waals surface area contributed by atoms with Gasteiger partial charge >= 0.3 is 0 Å². The molecule has 2 rings (SSSR count). The Bertz CT molecular complexity index is 762. The third-order valence-electron chi connectivity index (χ3n) is 4.39. The van der Waals surface area contributed by atoms with Crippen LogP contribution in [0, 0.1) is 0 Å². The standard InChI is InChI=1S/C22H29NO5/c1-5-17(28-20-11-7-6-10-18(20)25-2)22(24)23-14-8-9-16-12-13-19(26-3)21(15-16)27-4/h6-7,10-13,15,17H,5,8-9,14H2,1-4H3,(H,23,24)/t17-/m0/s1. The van der Waals surface area contributed by atoms with Crippen molar-refractivity contribution < 1.29 is 23.7 Å². The van der Waals surface area contributed by atoms with E-state index in [1.807, 2.05) is 43.3 Å². The number of methoxy groups -OCH3 is 3. The Morgan fingerprint density at radius 3 is 2.21 bits per heavy atom. The summed E-state index contributed by atoms with van der Waals surface area (Å²) in [6, 6.07) is 13.2. The lowest BCUT2D eigenvalue weighted by Crippen LogP contribution is -2.38. The minimum atomic E-state index is -0.558. The van der Waals surface area contributed by atoms with Gasteiger partial charge in [0.05, 0.1) is 21.3 Å². The Balaban J connectivity index is 1.83. The minimum Gasteiger partial charge on any atom is -0.493 e. The van der Waals surface area contributed by atoms with Crippen molar-refractivity contribution in [1.82, 2.24) is 5.32 Å². The lowest BCUT2D eigenvalue weighted by atomic mass is 10.1. The van der Waals surface area contributed by atoms with Gasteiger partial charge in [-0.15, -0.1) is 0 Å². The van der Waals surface area contributed by atoms with Crippen LogP contribution >= 0.6 is 0 Å². The monoisotopic (exact) mass is 387 g/mol. The summed E-state index contributed by atoms with van der Waals surface area (Å²) in [6.07, 6.45) is 1.65. The molecule has 152 valence electrons. The van der Waals surface area contributed by atoms with Crippen molar-refractivity contribution >= 4 is 5.91 Å². The van der Waals surface area contributed by atoms with Crippen LogP contribution in [-0.4, -0.2) is 39.9 Å². The SMILES string of the molecule is CC[C@H](Oc1ccccc1OC)C(=O)NCCCc1ccc(OC)c(OC)c1. The fourth-order valence-electron chi connectivity index (χ4n) is 2.85. The Morgan fingerprint density at radius 1 is 0.929 bits per heavy atom. The van der Waals surface area contributed by atoms with Gasteiger partial charge in [0.15, 0.2) is 29.1 Å². The normalized spacial score (nSPS) is 11.4. The molecule has 1 N–H and O–H groups in total. The summed E-state index contributed by atoms with van der Waals surface area (Å²) in [5.41, 5.74) is 1.13. The fourth-order valence-corrected chi connectivity index (χ4v) is 2.85. The van der Waals surface area contributed by atoms with Crippen LogP contribution in [0.25, 0.3) is 0 Å². The average Bonchev–Trinajstić information content (AvgIpc) is 2.74. The Morgan fingerprint density at radius 2 is 1.57 bits per heavy atom. The molecule has 28 heavy (non-hydrogen) atoms. The van der Waals surface area contributed by atoms with Crippen LogP contribution in [0.2, 0.25) is 0 Å². The molecule has 2 aromatic carbocycles. The second kappa shape index (κ2) is 11.1. The van der Waals surface area contributed by atoms with Crippen molar-refractivity contribution in [2.24, 2.45) is 0 Å². The predicted molar refractivity (Wildman–Crippen MR) is 109 cm³/mol. The van der Waals surface area contributed by atoms with E-state index < -0.39 is 6.10 Å². The zero-order chi connectivity index (χ0) is 20.4. The van der Waals surface area contributed by atoms with E-state index in [1.54, 1.807) is 27.4 Å². The number of aryl methyl sites for hydroxylation is 1. The summed E-state index contributed by atoms with van der Waals surface area (Å²) < 4.78 is 21.7. The van der Waals surface area contributed by atoms with E-state index in [9.17, 15) is 4.79 Å². The number of hydrogen-bond acceptors (Lipinski definition) is 5. The second-order valence-electron chi connectivity index (χ2n) is 6.25. The number of carbonyl (C=O) groups excluding carboxylic acids is 1. The van der Waals surface area contributed by atoms with E-state index in [0.717, 1.165) is 18.4 Å². The molecule has 0 heterocycles. The molecule has 0 saturated heterocycles. The van der Waals surface area contributed by atoms with Crippen molar-refractivity contribution in [2.45, 2.75) is 32.3 Å². The molecule has 0 aromatic heterocycles. The van der Waals surface area contributed by atoms with E-state index in [-0.39, 0.29) is 5.91 Å². The molecule has 0 fully saturated rings. The summed E-state index contributed by atoms with van der Waals surface area (Å²) >= 11 is 0. The van der Waals surface area contributed by atoms with Crippen LogP contribution in [0.15, 0.2) is 42.5 Å². The molecule has 6 heteroatoms. The Kier molecular flexibility index (Phi) is 8.46. The maximum absolute atomic E-state index is 12.5. The number of hydrogen-bond donors (Lipinski definition) is 1. The molecule has 6 nitrogen and oxygen atoms in total. The van der Waals surface area contributed by atoms with Crippen LogP contribution < -0.4 is 24.3 Å². The molecule has 0 saturated carbocycles. The molecule has 0 radical (unpaired) electrons. The van der Waals surface area contributed by atoms with Crippen LogP contribution in [0.1, 0.15) is 25.3 Å². The summed E-state index contributed by atoms with van der Waals surface area (Å²) in [5, 5.41) is 2.95. The van der Waals surface area contributed by atoms with Crippen LogP contribution in [0.3, 0.4) is 0 Å². The lowest BCUT2D eigenvalue weighted by Gasteiger charge is -2.18. The zero-order valence-corrected chi connectivity index (χ0v) is 17.0. The average molecular weight is 387 g/mol. The summed E-state index contributed by atoms with van der Waals surface area (Å²) in [5.74, 6) is 2.47. The quantitative estimate of drug-likeness (QED) is 0.597. The number of ether oxygens (including phenoxy) is 4. The molecular weight excluding hydrogens is 358 g/mol. The van der Waals surface area contributed by atoms with Gasteiger partial charge in [-0.2, -0.15) is 0 Å². The molecule has 0 spiro atoms. The first kappa shape index (κ1) is 21.4. The number of amides is 1. The molecule has 1 amide bonds. The van der Waals surface area contributed by atoms with Crippen LogP contribution in [0.5, 0.6) is 23.0 Å². The van der Waals surface area contributed by atoms with Gasteiger partial charge in [0.2, 0.25) is 0 Å². The van der Waals surface area contributed by atoms with Crippen LogP contribution in [0.4, 0.5) is 0 Å².